The summed E-state index contributed by atoms with van der Waals surface area (Å²) >= 11 is 0. The number of ether oxygens (including phenoxy) is 2. The summed E-state index contributed by atoms with van der Waals surface area (Å²) in [6.45, 7) is 5.50. The topological polar surface area (TPSA) is 30.5 Å². The minimum absolute atomic E-state index is 0.449. The quantitative estimate of drug-likeness (QED) is 0.873. The summed E-state index contributed by atoms with van der Waals surface area (Å²) in [5.41, 5.74) is 2.58. The van der Waals surface area contributed by atoms with E-state index in [2.05, 4.69) is 31.3 Å². The number of methoxy groups -OCH3 is 2. The van der Waals surface area contributed by atoms with Crippen LogP contribution in [0.15, 0.2) is 12.1 Å². The fourth-order valence-electron chi connectivity index (χ4n) is 2.52. The zero-order valence-electron chi connectivity index (χ0n) is 11.0. The molecule has 0 aliphatic carbocycles. The van der Waals surface area contributed by atoms with Gasteiger partial charge in [0, 0.05) is 6.04 Å². The molecular formula is C14H21NO2. The van der Waals surface area contributed by atoms with Crippen LogP contribution in [0.5, 0.6) is 11.5 Å². The minimum Gasteiger partial charge on any atom is -0.493 e. The Labute approximate surface area is 103 Å². The van der Waals surface area contributed by atoms with E-state index >= 15 is 0 Å². The lowest BCUT2D eigenvalue weighted by Gasteiger charge is -2.17. The molecule has 2 atom stereocenters. The highest BCUT2D eigenvalue weighted by molar-refractivity contribution is 5.48. The number of aryl methyl sites for hydroxylation is 1. The van der Waals surface area contributed by atoms with Gasteiger partial charge in [0.05, 0.1) is 14.2 Å². The van der Waals surface area contributed by atoms with Crippen LogP contribution in [0.25, 0.3) is 0 Å². The Kier molecular flexibility index (Phi) is 3.57. The van der Waals surface area contributed by atoms with Crippen LogP contribution >= 0.6 is 0 Å². The molecule has 0 spiro atoms. The van der Waals surface area contributed by atoms with Crippen molar-refractivity contribution in [1.29, 1.82) is 0 Å². The molecule has 0 saturated carbocycles. The first kappa shape index (κ1) is 12.2. The normalized spacial score (nSPS) is 23.8. The van der Waals surface area contributed by atoms with Crippen molar-refractivity contribution < 1.29 is 9.47 Å². The maximum absolute atomic E-state index is 5.37. The molecule has 1 aliphatic rings. The van der Waals surface area contributed by atoms with E-state index in [9.17, 15) is 0 Å². The molecule has 1 heterocycles. The molecule has 1 aromatic carbocycles. The number of hydrogen-bond acceptors (Lipinski definition) is 3. The van der Waals surface area contributed by atoms with Gasteiger partial charge in [0.15, 0.2) is 11.5 Å². The largest absolute Gasteiger partial charge is 0.493 e. The number of nitrogens with one attached hydrogen (secondary N) is 1. The first-order chi connectivity index (χ1) is 8.15. The van der Waals surface area contributed by atoms with Crippen LogP contribution in [0.2, 0.25) is 0 Å². The molecule has 3 heteroatoms. The zero-order valence-corrected chi connectivity index (χ0v) is 11.0. The Morgan fingerprint density at radius 1 is 1.18 bits per heavy atom. The molecule has 0 amide bonds. The summed E-state index contributed by atoms with van der Waals surface area (Å²) in [5.74, 6) is 2.36. The Morgan fingerprint density at radius 3 is 2.35 bits per heavy atom. The Balaban J connectivity index is 2.34. The van der Waals surface area contributed by atoms with E-state index in [-0.39, 0.29) is 0 Å². The van der Waals surface area contributed by atoms with Crippen LogP contribution in [0.4, 0.5) is 0 Å². The van der Waals surface area contributed by atoms with Crippen molar-refractivity contribution >= 4 is 0 Å². The molecule has 17 heavy (non-hydrogen) atoms. The Morgan fingerprint density at radius 2 is 1.82 bits per heavy atom. The van der Waals surface area contributed by atoms with Crippen LogP contribution in [0.3, 0.4) is 0 Å². The lowest BCUT2D eigenvalue weighted by molar-refractivity contribution is 0.353. The van der Waals surface area contributed by atoms with Crippen molar-refractivity contribution in [1.82, 2.24) is 5.32 Å². The fraction of sp³-hybridized carbons (Fsp3) is 0.571. The predicted molar refractivity (Wildman–Crippen MR) is 68.8 cm³/mol. The van der Waals surface area contributed by atoms with Crippen LogP contribution in [-0.2, 0) is 0 Å². The van der Waals surface area contributed by atoms with Crippen molar-refractivity contribution in [2.45, 2.75) is 26.3 Å². The lowest BCUT2D eigenvalue weighted by Crippen LogP contribution is -2.14. The second-order valence-electron chi connectivity index (χ2n) is 4.87. The second kappa shape index (κ2) is 4.96. The molecule has 0 unspecified atom stereocenters. The minimum atomic E-state index is 0.449. The van der Waals surface area contributed by atoms with Gasteiger partial charge in [-0.15, -0.1) is 0 Å². The third-order valence-electron chi connectivity index (χ3n) is 3.50. The van der Waals surface area contributed by atoms with E-state index in [1.807, 2.05) is 0 Å². The maximum Gasteiger partial charge on any atom is 0.161 e. The number of rotatable bonds is 3. The van der Waals surface area contributed by atoms with Crippen molar-refractivity contribution in [2.75, 3.05) is 20.8 Å². The molecule has 2 rings (SSSR count). The summed E-state index contributed by atoms with van der Waals surface area (Å²) < 4.78 is 10.7. The summed E-state index contributed by atoms with van der Waals surface area (Å²) in [6, 6.07) is 4.60. The van der Waals surface area contributed by atoms with Gasteiger partial charge in [0.2, 0.25) is 0 Å². The van der Waals surface area contributed by atoms with E-state index in [1.165, 1.54) is 17.5 Å². The average molecular weight is 235 g/mol. The van der Waals surface area contributed by atoms with E-state index in [1.54, 1.807) is 14.2 Å². The molecule has 94 valence electrons. The van der Waals surface area contributed by atoms with Crippen LogP contribution < -0.4 is 14.8 Å². The number of hydrogen-bond donors (Lipinski definition) is 1. The highest BCUT2D eigenvalue weighted by Gasteiger charge is 2.24. The van der Waals surface area contributed by atoms with Crippen LogP contribution in [0, 0.1) is 12.8 Å². The van der Waals surface area contributed by atoms with E-state index in [0.29, 0.717) is 6.04 Å². The fourth-order valence-corrected chi connectivity index (χ4v) is 2.52. The first-order valence-electron chi connectivity index (χ1n) is 6.11. The van der Waals surface area contributed by atoms with Gasteiger partial charge in [-0.2, -0.15) is 0 Å². The van der Waals surface area contributed by atoms with Gasteiger partial charge in [-0.3, -0.25) is 0 Å². The van der Waals surface area contributed by atoms with Crippen molar-refractivity contribution in [3.63, 3.8) is 0 Å². The SMILES string of the molecule is COc1cc(C)c([C@@H]2C[C@H](C)CN2)cc1OC. The van der Waals surface area contributed by atoms with Crippen molar-refractivity contribution in [3.8, 4) is 11.5 Å². The highest BCUT2D eigenvalue weighted by Crippen LogP contribution is 2.36. The monoisotopic (exact) mass is 235 g/mol. The van der Waals surface area contributed by atoms with Crippen LogP contribution in [0.1, 0.15) is 30.5 Å². The van der Waals surface area contributed by atoms with Gasteiger partial charge in [0.25, 0.3) is 0 Å². The average Bonchev–Trinajstić information content (AvgIpc) is 2.75. The second-order valence-corrected chi connectivity index (χ2v) is 4.87. The number of benzene rings is 1. The summed E-state index contributed by atoms with van der Waals surface area (Å²) in [7, 11) is 3.36. The molecule has 0 radical (unpaired) electrons. The third kappa shape index (κ3) is 2.39. The molecule has 1 N–H and O–H groups in total. The lowest BCUT2D eigenvalue weighted by atomic mass is 9.97. The van der Waals surface area contributed by atoms with Gasteiger partial charge in [-0.1, -0.05) is 6.92 Å². The van der Waals surface area contributed by atoms with E-state index in [0.717, 1.165) is 24.0 Å². The van der Waals surface area contributed by atoms with E-state index in [4.69, 9.17) is 9.47 Å². The molecule has 3 nitrogen and oxygen atoms in total. The van der Waals surface area contributed by atoms with Gasteiger partial charge in [-0.25, -0.2) is 0 Å². The van der Waals surface area contributed by atoms with Gasteiger partial charge < -0.3 is 14.8 Å². The predicted octanol–water partition coefficient (Wildman–Crippen LogP) is 2.68. The highest BCUT2D eigenvalue weighted by atomic mass is 16.5. The maximum atomic E-state index is 5.37. The smallest absolute Gasteiger partial charge is 0.161 e. The van der Waals surface area contributed by atoms with Crippen molar-refractivity contribution in [2.24, 2.45) is 5.92 Å². The van der Waals surface area contributed by atoms with Crippen LogP contribution in [-0.4, -0.2) is 20.8 Å². The summed E-state index contributed by atoms with van der Waals surface area (Å²) in [6.07, 6.45) is 1.19. The molecular weight excluding hydrogens is 214 g/mol. The zero-order chi connectivity index (χ0) is 12.4. The third-order valence-corrected chi connectivity index (χ3v) is 3.50. The molecule has 1 aliphatic heterocycles. The van der Waals surface area contributed by atoms with Gasteiger partial charge in [0.1, 0.15) is 0 Å². The molecule has 1 aromatic rings. The first-order valence-corrected chi connectivity index (χ1v) is 6.11. The molecule has 0 aromatic heterocycles. The van der Waals surface area contributed by atoms with Crippen molar-refractivity contribution in [3.05, 3.63) is 23.3 Å². The van der Waals surface area contributed by atoms with Gasteiger partial charge >= 0.3 is 0 Å². The molecule has 0 bridgehead atoms. The van der Waals surface area contributed by atoms with Gasteiger partial charge in [-0.05, 0) is 49.1 Å². The van der Waals surface area contributed by atoms with E-state index < -0.39 is 0 Å². The Hall–Kier alpha value is -1.22. The molecule has 1 saturated heterocycles. The molecule has 1 fully saturated rings. The standard InChI is InChI=1S/C14H21NO2/c1-9-5-12(15-8-9)11-7-14(17-4)13(16-3)6-10(11)2/h6-7,9,12,15H,5,8H2,1-4H3/t9-,12-/m0/s1. The summed E-state index contributed by atoms with van der Waals surface area (Å²) in [5, 5.41) is 3.56. The summed E-state index contributed by atoms with van der Waals surface area (Å²) in [4.78, 5) is 0. The Bertz CT molecular complexity index is 403.